The molecule has 19 heavy (non-hydrogen) atoms. The monoisotopic (exact) mass is 292 g/mol. The van der Waals surface area contributed by atoms with E-state index in [9.17, 15) is 14.7 Å². The van der Waals surface area contributed by atoms with Crippen LogP contribution >= 0.6 is 0 Å². The summed E-state index contributed by atoms with van der Waals surface area (Å²) in [6.45, 7) is 20.7. The molecule has 0 rings (SSSR count). The standard InChI is InChI=1S/C7H11NO2.C5H7NO2.K/c1-5-10-6(9)7(2,3)8-4;1-5(2,6-3)4(7)8;/h5H2,1-3H3;1-2H3,(H,7,8);/q;;+1/p-1. The molecule has 0 unspecified atom stereocenters. The number of aliphatic carboxylic acids is 1. The fourth-order valence-electron chi connectivity index (χ4n) is 0.399. The van der Waals surface area contributed by atoms with Crippen molar-refractivity contribution in [3.8, 4) is 0 Å². The zero-order chi connectivity index (χ0) is 15.0. The minimum Gasteiger partial charge on any atom is -0.542 e. The predicted molar refractivity (Wildman–Crippen MR) is 63.0 cm³/mol. The van der Waals surface area contributed by atoms with E-state index in [0.29, 0.717) is 6.61 Å². The number of hydrogen-bond acceptors (Lipinski definition) is 4. The van der Waals surface area contributed by atoms with Gasteiger partial charge in [0.15, 0.2) is 0 Å². The zero-order valence-corrected chi connectivity index (χ0v) is 15.4. The van der Waals surface area contributed by atoms with Crippen LogP contribution in [0.2, 0.25) is 0 Å². The van der Waals surface area contributed by atoms with E-state index in [1.165, 1.54) is 27.7 Å². The summed E-state index contributed by atoms with van der Waals surface area (Å²) in [6.07, 6.45) is 0. The van der Waals surface area contributed by atoms with Crippen molar-refractivity contribution in [2.75, 3.05) is 6.61 Å². The van der Waals surface area contributed by atoms with E-state index < -0.39 is 23.0 Å². The van der Waals surface area contributed by atoms with Crippen molar-refractivity contribution in [3.05, 3.63) is 22.8 Å². The number of hydrogen-bond donors (Lipinski definition) is 0. The van der Waals surface area contributed by atoms with Gasteiger partial charge in [-0.05, 0) is 6.92 Å². The van der Waals surface area contributed by atoms with Gasteiger partial charge in [0.25, 0.3) is 5.54 Å². The maximum atomic E-state index is 10.9. The third kappa shape index (κ3) is 10.1. The maximum Gasteiger partial charge on any atom is 1.00 e. The maximum absolute atomic E-state index is 10.9. The molecule has 0 aromatic rings. The average molecular weight is 292 g/mol. The molecule has 0 amide bonds. The number of nitrogens with zero attached hydrogens (tertiary/aromatic N) is 2. The SMILES string of the molecule is [C-]#[N+]C(C)(C)C(=O)OCC.[C-]#[N+]C(C)(C)C(=O)[O-].[K+]. The number of ether oxygens (including phenoxy) is 1. The molecule has 0 N–H and O–H groups in total. The predicted octanol–water partition coefficient (Wildman–Crippen LogP) is -2.31. The molecular formula is C12H17KN2O4. The first kappa shape index (κ1) is 23.6. The number of rotatable bonds is 3. The fraction of sp³-hybridized carbons (Fsp3) is 0.667. The molecule has 0 aromatic heterocycles. The van der Waals surface area contributed by atoms with E-state index in [1.54, 1.807) is 6.92 Å². The molecule has 0 fully saturated rings. The van der Waals surface area contributed by atoms with Gasteiger partial charge in [-0.1, -0.05) is 0 Å². The normalized spacial score (nSPS) is 9.63. The molecule has 0 heterocycles. The zero-order valence-electron chi connectivity index (χ0n) is 12.2. The van der Waals surface area contributed by atoms with E-state index in [-0.39, 0.29) is 51.4 Å². The molecule has 0 aliphatic rings. The van der Waals surface area contributed by atoms with Gasteiger partial charge in [0, 0.05) is 27.7 Å². The molecule has 7 heteroatoms. The molecule has 0 saturated carbocycles. The van der Waals surface area contributed by atoms with Gasteiger partial charge >= 0.3 is 62.9 Å². The van der Waals surface area contributed by atoms with Crippen LogP contribution in [0.3, 0.4) is 0 Å². The number of carbonyl (C=O) groups excluding carboxylic acids is 2. The van der Waals surface area contributed by atoms with Gasteiger partial charge in [0.2, 0.25) is 0 Å². The second kappa shape index (κ2) is 10.4. The average Bonchev–Trinajstić information content (AvgIpc) is 2.30. The summed E-state index contributed by atoms with van der Waals surface area (Å²) < 4.78 is 4.64. The van der Waals surface area contributed by atoms with E-state index in [0.717, 1.165) is 0 Å². The second-order valence-corrected chi connectivity index (χ2v) is 4.35. The molecule has 0 bridgehead atoms. The van der Waals surface area contributed by atoms with Crippen LogP contribution in [-0.2, 0) is 14.3 Å². The number of carboxylic acids is 1. The summed E-state index contributed by atoms with van der Waals surface area (Å²) in [5.74, 6) is -1.78. The van der Waals surface area contributed by atoms with Crippen LogP contribution in [0, 0.1) is 13.1 Å². The van der Waals surface area contributed by atoms with Crippen LogP contribution in [0.25, 0.3) is 9.69 Å². The van der Waals surface area contributed by atoms with Crippen LogP contribution in [-0.4, -0.2) is 29.6 Å². The van der Waals surface area contributed by atoms with Crippen molar-refractivity contribution in [3.63, 3.8) is 0 Å². The molecule has 0 aliphatic carbocycles. The van der Waals surface area contributed by atoms with Gasteiger partial charge in [-0.15, -0.1) is 0 Å². The van der Waals surface area contributed by atoms with E-state index in [4.69, 9.17) is 13.1 Å². The van der Waals surface area contributed by atoms with Crippen LogP contribution < -0.4 is 56.5 Å². The fourth-order valence-corrected chi connectivity index (χ4v) is 0.399. The summed E-state index contributed by atoms with van der Waals surface area (Å²) in [5.41, 5.74) is -2.38. The largest absolute Gasteiger partial charge is 1.00 e. The van der Waals surface area contributed by atoms with E-state index in [1.807, 2.05) is 0 Å². The quantitative estimate of drug-likeness (QED) is 0.333. The number of esters is 1. The third-order valence-corrected chi connectivity index (χ3v) is 1.83. The number of carboxylic acid groups (broad SMARTS) is 1. The van der Waals surface area contributed by atoms with E-state index >= 15 is 0 Å². The van der Waals surface area contributed by atoms with E-state index in [2.05, 4.69) is 14.4 Å². The molecule has 0 radical (unpaired) electrons. The minimum atomic E-state index is -1.36. The van der Waals surface area contributed by atoms with Gasteiger partial charge in [0.05, 0.1) is 6.61 Å². The summed E-state index contributed by atoms with van der Waals surface area (Å²) in [7, 11) is 0. The smallest absolute Gasteiger partial charge is 0.542 e. The van der Waals surface area contributed by atoms with Crippen LogP contribution in [0.4, 0.5) is 0 Å². The molecule has 0 spiro atoms. The Kier molecular flexibility index (Phi) is 12.9. The summed E-state index contributed by atoms with van der Waals surface area (Å²) in [5, 5.41) is 9.93. The Balaban J connectivity index is -0.000000262. The van der Waals surface area contributed by atoms with Crippen LogP contribution in [0.1, 0.15) is 34.6 Å². The molecule has 0 aromatic carbocycles. The topological polar surface area (TPSA) is 75.2 Å². The Morgan fingerprint density at radius 1 is 1.11 bits per heavy atom. The Morgan fingerprint density at radius 3 is 1.63 bits per heavy atom. The van der Waals surface area contributed by atoms with Gasteiger partial charge in [-0.25, -0.2) is 17.9 Å². The Bertz CT molecular complexity index is 392. The summed E-state index contributed by atoms with van der Waals surface area (Å²) in [4.78, 5) is 26.7. The van der Waals surface area contributed by atoms with Crippen molar-refractivity contribution in [1.82, 2.24) is 0 Å². The van der Waals surface area contributed by atoms with Crippen LogP contribution in [0.5, 0.6) is 0 Å². The first-order valence-corrected chi connectivity index (χ1v) is 5.21. The van der Waals surface area contributed by atoms with Crippen molar-refractivity contribution in [2.24, 2.45) is 0 Å². The van der Waals surface area contributed by atoms with Crippen molar-refractivity contribution < 1.29 is 70.8 Å². The number of carbonyl (C=O) groups is 2. The van der Waals surface area contributed by atoms with Gasteiger partial charge < -0.3 is 19.5 Å². The van der Waals surface area contributed by atoms with Crippen molar-refractivity contribution in [1.29, 1.82) is 0 Å². The molecule has 0 atom stereocenters. The van der Waals surface area contributed by atoms with Crippen LogP contribution in [0.15, 0.2) is 0 Å². The third-order valence-electron chi connectivity index (χ3n) is 1.83. The van der Waals surface area contributed by atoms with Gasteiger partial charge in [0.1, 0.15) is 5.97 Å². The molecule has 0 saturated heterocycles. The van der Waals surface area contributed by atoms with Crippen molar-refractivity contribution >= 4 is 11.9 Å². The summed E-state index contributed by atoms with van der Waals surface area (Å²) in [6, 6.07) is 0. The minimum absolute atomic E-state index is 0. The van der Waals surface area contributed by atoms with Gasteiger partial charge in [-0.2, -0.15) is 0 Å². The van der Waals surface area contributed by atoms with Crippen molar-refractivity contribution in [2.45, 2.75) is 45.7 Å². The molecule has 0 aliphatic heterocycles. The molecular weight excluding hydrogens is 275 g/mol. The first-order chi connectivity index (χ1) is 8.05. The second-order valence-electron chi connectivity index (χ2n) is 4.35. The molecule has 6 nitrogen and oxygen atoms in total. The Hall–Kier alpha value is -0.444. The summed E-state index contributed by atoms with van der Waals surface area (Å²) >= 11 is 0. The Morgan fingerprint density at radius 2 is 1.47 bits per heavy atom. The Labute approximate surface area is 156 Å². The molecule has 100 valence electrons. The first-order valence-electron chi connectivity index (χ1n) is 5.21. The van der Waals surface area contributed by atoms with Gasteiger partial charge in [-0.3, -0.25) is 4.85 Å².